The van der Waals surface area contributed by atoms with E-state index in [2.05, 4.69) is 193 Å². The zero-order valence-electron chi connectivity index (χ0n) is 28.3. The van der Waals surface area contributed by atoms with E-state index in [4.69, 9.17) is 0 Å². The van der Waals surface area contributed by atoms with Crippen LogP contribution < -0.4 is 5.32 Å². The molecule has 2 nitrogen and oxygen atoms in total. The van der Waals surface area contributed by atoms with Gasteiger partial charge in [-0.2, -0.15) is 0 Å². The van der Waals surface area contributed by atoms with Crippen molar-refractivity contribution in [2.75, 3.05) is 5.32 Å². The number of aryl methyl sites for hydroxylation is 1. The molecule has 0 spiro atoms. The molecule has 0 unspecified atom stereocenters. The van der Waals surface area contributed by atoms with Crippen LogP contribution in [0, 0.1) is 0 Å². The molecule has 240 valence electrons. The van der Waals surface area contributed by atoms with Crippen LogP contribution in [0.1, 0.15) is 11.1 Å². The number of rotatable bonds is 2. The Morgan fingerprint density at radius 1 is 0.431 bits per heavy atom. The minimum Gasteiger partial charge on any atom is -0.361 e. The summed E-state index contributed by atoms with van der Waals surface area (Å²) in [4.78, 5) is 0. The van der Waals surface area contributed by atoms with Crippen LogP contribution in [-0.2, 0) is 7.05 Å². The highest BCUT2D eigenvalue weighted by Crippen LogP contribution is 2.40. The molecule has 51 heavy (non-hydrogen) atoms. The van der Waals surface area contributed by atoms with Crippen LogP contribution in [0.4, 0.5) is 5.69 Å². The lowest BCUT2D eigenvalue weighted by atomic mass is 9.89. The Balaban J connectivity index is 1.18. The van der Waals surface area contributed by atoms with Crippen LogP contribution >= 0.6 is 0 Å². The Hall–Kier alpha value is -6.64. The molecule has 1 N–H and O–H groups in total. The second-order valence-corrected chi connectivity index (χ2v) is 13.5. The van der Waals surface area contributed by atoms with Gasteiger partial charge >= 0.3 is 0 Å². The van der Waals surface area contributed by atoms with Crippen molar-refractivity contribution in [1.29, 1.82) is 0 Å². The Morgan fingerprint density at radius 3 is 1.82 bits per heavy atom. The molecule has 0 atom stereocenters. The van der Waals surface area contributed by atoms with E-state index in [9.17, 15) is 0 Å². The number of anilines is 1. The minimum atomic E-state index is 1.07. The molecular weight excluding hydrogens is 617 g/mol. The molecule has 0 amide bonds. The molecule has 1 aromatic heterocycles. The first kappa shape index (κ1) is 29.3. The lowest BCUT2D eigenvalue weighted by Gasteiger charge is -2.16. The largest absolute Gasteiger partial charge is 0.361 e. The fourth-order valence-corrected chi connectivity index (χ4v) is 8.12. The summed E-state index contributed by atoms with van der Waals surface area (Å²) < 4.78 is 2.29. The predicted octanol–water partition coefficient (Wildman–Crippen LogP) is 13.2. The van der Waals surface area contributed by atoms with E-state index in [0.29, 0.717) is 0 Å². The van der Waals surface area contributed by atoms with Crippen molar-refractivity contribution in [3.63, 3.8) is 0 Å². The number of allylic oxidation sites excluding steroid dienone is 4. The van der Waals surface area contributed by atoms with Gasteiger partial charge in [-0.25, -0.2) is 0 Å². The molecule has 0 fully saturated rings. The summed E-state index contributed by atoms with van der Waals surface area (Å²) in [6.45, 7) is 0. The maximum absolute atomic E-state index is 3.57. The molecule has 0 radical (unpaired) electrons. The van der Waals surface area contributed by atoms with E-state index in [-0.39, 0.29) is 0 Å². The highest BCUT2D eigenvalue weighted by Gasteiger charge is 2.15. The minimum absolute atomic E-state index is 1.07. The van der Waals surface area contributed by atoms with Crippen LogP contribution in [0.5, 0.6) is 0 Å². The van der Waals surface area contributed by atoms with Crippen LogP contribution in [0.3, 0.4) is 0 Å². The lowest BCUT2D eigenvalue weighted by molar-refractivity contribution is 1.01. The number of fused-ring (bicyclic) bond motifs is 12. The quantitative estimate of drug-likeness (QED) is 0.184. The first-order valence-corrected chi connectivity index (χ1v) is 17.6. The van der Waals surface area contributed by atoms with Gasteiger partial charge in [0.2, 0.25) is 0 Å². The Bertz CT molecular complexity index is 2920. The van der Waals surface area contributed by atoms with Gasteiger partial charge in [0, 0.05) is 46.3 Å². The maximum atomic E-state index is 3.57. The number of hydrogen-bond acceptors (Lipinski definition) is 1. The molecule has 2 heterocycles. The number of nitrogens with zero attached hydrogens (tertiary/aromatic N) is 1. The van der Waals surface area contributed by atoms with Crippen LogP contribution in [0.25, 0.3) is 88.0 Å². The van der Waals surface area contributed by atoms with Crippen molar-refractivity contribution >= 4 is 71.5 Å². The number of aromatic nitrogens is 1. The van der Waals surface area contributed by atoms with Crippen LogP contribution in [-0.4, -0.2) is 4.57 Å². The Labute approximate surface area is 296 Å². The van der Waals surface area contributed by atoms with Gasteiger partial charge in [-0.3, -0.25) is 0 Å². The second kappa shape index (κ2) is 11.8. The number of hydrogen-bond donors (Lipinski definition) is 1. The molecule has 0 aliphatic carbocycles. The van der Waals surface area contributed by atoms with E-state index >= 15 is 0 Å². The van der Waals surface area contributed by atoms with Gasteiger partial charge < -0.3 is 9.88 Å². The highest BCUT2D eigenvalue weighted by molar-refractivity contribution is 6.25. The van der Waals surface area contributed by atoms with Gasteiger partial charge in [-0.15, -0.1) is 0 Å². The van der Waals surface area contributed by atoms with Crippen molar-refractivity contribution in [1.82, 2.24) is 4.57 Å². The molecule has 9 aromatic rings. The van der Waals surface area contributed by atoms with Crippen molar-refractivity contribution in [2.45, 2.75) is 0 Å². The standard InChI is InChI=1S/C49H34N2/c1-51-48-20-9-7-18-43(48)46-31-35(24-26-49(46)51)33-21-22-36-28-32(12-10-11-27-50-47-19-8-6-17-42(47)44(36)29-33)34-23-25-41-39-15-3-2-13-37(39)38-14-4-5-16-40(38)45(41)30-34/h2-31,50H,1H3/b12-10-,27-11+,32-28+. The summed E-state index contributed by atoms with van der Waals surface area (Å²) in [5.74, 6) is 0. The molecule has 10 rings (SSSR count). The van der Waals surface area contributed by atoms with Gasteiger partial charge in [-0.05, 0) is 114 Å². The van der Waals surface area contributed by atoms with Crippen molar-refractivity contribution in [3.05, 3.63) is 187 Å². The zero-order chi connectivity index (χ0) is 33.9. The molecule has 8 aromatic carbocycles. The average Bonchev–Trinajstić information content (AvgIpc) is 3.46. The third-order valence-corrected chi connectivity index (χ3v) is 10.6. The maximum Gasteiger partial charge on any atom is 0.0489 e. The van der Waals surface area contributed by atoms with Gasteiger partial charge in [0.15, 0.2) is 0 Å². The number of nitrogens with one attached hydrogen (secondary N) is 1. The summed E-state index contributed by atoms with van der Waals surface area (Å²) in [6.07, 6.45) is 10.8. The van der Waals surface area contributed by atoms with Crippen molar-refractivity contribution in [3.8, 4) is 22.3 Å². The van der Waals surface area contributed by atoms with Gasteiger partial charge in [0.05, 0.1) is 0 Å². The monoisotopic (exact) mass is 650 g/mol. The van der Waals surface area contributed by atoms with E-state index < -0.39 is 0 Å². The first-order valence-electron chi connectivity index (χ1n) is 17.6. The predicted molar refractivity (Wildman–Crippen MR) is 220 cm³/mol. The molecular formula is C49H34N2. The summed E-state index contributed by atoms with van der Waals surface area (Å²) in [7, 11) is 2.15. The molecule has 0 bridgehead atoms. The van der Waals surface area contributed by atoms with Gasteiger partial charge in [0.25, 0.3) is 0 Å². The summed E-state index contributed by atoms with van der Waals surface area (Å²) in [6, 6.07) is 55.6. The average molecular weight is 651 g/mol. The lowest BCUT2D eigenvalue weighted by Crippen LogP contribution is -1.94. The fraction of sp³-hybridized carbons (Fsp3) is 0.0204. The highest BCUT2D eigenvalue weighted by atomic mass is 14.9. The Kier molecular flexibility index (Phi) is 6.75. The normalized spacial score (nSPS) is 15.2. The van der Waals surface area contributed by atoms with Crippen LogP contribution in [0.2, 0.25) is 0 Å². The molecule has 2 heteroatoms. The van der Waals surface area contributed by atoms with E-state index in [1.807, 2.05) is 6.20 Å². The Morgan fingerprint density at radius 2 is 1.02 bits per heavy atom. The smallest absolute Gasteiger partial charge is 0.0489 e. The molecule has 0 saturated heterocycles. The van der Waals surface area contributed by atoms with Gasteiger partial charge in [-0.1, -0.05) is 127 Å². The first-order chi connectivity index (χ1) is 25.2. The molecule has 0 saturated carbocycles. The van der Waals surface area contributed by atoms with Crippen molar-refractivity contribution in [2.24, 2.45) is 7.05 Å². The molecule has 1 aliphatic heterocycles. The number of benzene rings is 8. The van der Waals surface area contributed by atoms with E-state index in [1.165, 1.54) is 87.5 Å². The van der Waals surface area contributed by atoms with E-state index in [0.717, 1.165) is 11.3 Å². The summed E-state index contributed by atoms with van der Waals surface area (Å²) in [5, 5.41) is 13.8. The second-order valence-electron chi connectivity index (χ2n) is 13.5. The summed E-state index contributed by atoms with van der Waals surface area (Å²) in [5.41, 5.74) is 11.8. The third-order valence-electron chi connectivity index (χ3n) is 10.6. The van der Waals surface area contributed by atoms with Crippen LogP contribution in [0.15, 0.2) is 176 Å². The van der Waals surface area contributed by atoms with Gasteiger partial charge in [0.1, 0.15) is 0 Å². The topological polar surface area (TPSA) is 17.0 Å². The van der Waals surface area contributed by atoms with E-state index in [1.54, 1.807) is 0 Å². The fourth-order valence-electron chi connectivity index (χ4n) is 8.12. The third kappa shape index (κ3) is 4.80. The zero-order valence-corrected chi connectivity index (χ0v) is 28.3. The molecule has 1 aliphatic rings. The SMILES string of the molecule is Cn1c2ccccc2c2cc(-c3ccc4c(c3)-c3ccccc3N/C=C/C=C\C(c3ccc5c6ccccc6c6ccccc6c5c3)=C/4)ccc21. The van der Waals surface area contributed by atoms with Crippen molar-refractivity contribution < 1.29 is 0 Å². The number of para-hydroxylation sites is 2. The summed E-state index contributed by atoms with van der Waals surface area (Å²) >= 11 is 0.